The smallest absolute Gasteiger partial charge is 0.240 e. The largest absolute Gasteiger partial charge is 0.493 e. The fourth-order valence-electron chi connectivity index (χ4n) is 2.71. The number of imidazole rings is 1. The van der Waals surface area contributed by atoms with Crippen molar-refractivity contribution in [1.29, 1.82) is 0 Å². The summed E-state index contributed by atoms with van der Waals surface area (Å²) in [4.78, 5) is 4.47. The molecule has 2 aromatic carbocycles. The zero-order chi connectivity index (χ0) is 18.6. The lowest BCUT2D eigenvalue weighted by molar-refractivity contribution is 0.354. The predicted octanol–water partition coefficient (Wildman–Crippen LogP) is 2.42. The molecule has 0 radical (unpaired) electrons. The minimum atomic E-state index is -3.61. The summed E-state index contributed by atoms with van der Waals surface area (Å²) in [6, 6.07) is 12.4. The Morgan fingerprint density at radius 1 is 1.08 bits per heavy atom. The van der Waals surface area contributed by atoms with Crippen LogP contribution in [0.1, 0.15) is 6.42 Å². The summed E-state index contributed by atoms with van der Waals surface area (Å²) < 4.78 is 39.8. The number of rotatable bonds is 8. The van der Waals surface area contributed by atoms with E-state index in [0.29, 0.717) is 31.0 Å². The number of hydrogen-bond donors (Lipinski definition) is 1. The molecule has 0 aliphatic heterocycles. The molecule has 0 bridgehead atoms. The van der Waals surface area contributed by atoms with Crippen LogP contribution in [0.3, 0.4) is 0 Å². The lowest BCUT2D eigenvalue weighted by atomic mass is 10.3. The van der Waals surface area contributed by atoms with Crippen LogP contribution in [0.4, 0.5) is 0 Å². The van der Waals surface area contributed by atoms with Crippen LogP contribution in [0.2, 0.25) is 0 Å². The third-order valence-corrected chi connectivity index (χ3v) is 5.52. The third kappa shape index (κ3) is 3.81. The summed E-state index contributed by atoms with van der Waals surface area (Å²) in [5.41, 5.74) is 1.97. The molecule has 0 aliphatic rings. The second-order valence-electron chi connectivity index (χ2n) is 5.69. The molecule has 0 saturated heterocycles. The van der Waals surface area contributed by atoms with Gasteiger partial charge in [-0.1, -0.05) is 12.1 Å². The van der Waals surface area contributed by atoms with E-state index in [4.69, 9.17) is 9.47 Å². The molecule has 1 aromatic heterocycles. The van der Waals surface area contributed by atoms with Gasteiger partial charge < -0.3 is 14.0 Å². The van der Waals surface area contributed by atoms with E-state index in [1.165, 1.54) is 26.4 Å². The van der Waals surface area contributed by atoms with Crippen LogP contribution in [0.15, 0.2) is 53.7 Å². The number of para-hydroxylation sites is 2. The van der Waals surface area contributed by atoms with Gasteiger partial charge in [0.15, 0.2) is 11.5 Å². The molecule has 1 N–H and O–H groups in total. The number of ether oxygens (including phenoxy) is 2. The van der Waals surface area contributed by atoms with Gasteiger partial charge in [0.25, 0.3) is 0 Å². The van der Waals surface area contributed by atoms with E-state index in [1.807, 2.05) is 28.8 Å². The van der Waals surface area contributed by atoms with Crippen molar-refractivity contribution in [2.24, 2.45) is 0 Å². The first-order chi connectivity index (χ1) is 12.5. The van der Waals surface area contributed by atoms with Gasteiger partial charge >= 0.3 is 0 Å². The van der Waals surface area contributed by atoms with Crippen LogP contribution in [0.25, 0.3) is 11.0 Å². The number of benzene rings is 2. The first-order valence-corrected chi connectivity index (χ1v) is 9.65. The average molecular weight is 375 g/mol. The minimum absolute atomic E-state index is 0.142. The Hall–Kier alpha value is -2.58. The summed E-state index contributed by atoms with van der Waals surface area (Å²) in [6.07, 6.45) is 2.42. The molecule has 26 heavy (non-hydrogen) atoms. The topological polar surface area (TPSA) is 82.5 Å². The monoisotopic (exact) mass is 375 g/mol. The standard InChI is InChI=1S/C18H21N3O4S/c1-24-17-9-8-14(12-18(17)25-2)26(22,23)20-10-5-11-21-13-19-15-6-3-4-7-16(15)21/h3-4,6-9,12-13,20H,5,10-11H2,1-2H3. The molecule has 7 nitrogen and oxygen atoms in total. The quantitative estimate of drug-likeness (QED) is 0.612. The first-order valence-electron chi connectivity index (χ1n) is 8.17. The van der Waals surface area contributed by atoms with Crippen LogP contribution in [0, 0.1) is 0 Å². The second kappa shape index (κ2) is 7.76. The highest BCUT2D eigenvalue weighted by atomic mass is 32.2. The highest BCUT2D eigenvalue weighted by molar-refractivity contribution is 7.89. The summed E-state index contributed by atoms with van der Waals surface area (Å²) in [7, 11) is -0.638. The molecule has 0 aliphatic carbocycles. The minimum Gasteiger partial charge on any atom is -0.493 e. The van der Waals surface area contributed by atoms with Gasteiger partial charge in [-0.05, 0) is 30.7 Å². The third-order valence-electron chi connectivity index (χ3n) is 4.06. The van der Waals surface area contributed by atoms with Crippen LogP contribution < -0.4 is 14.2 Å². The van der Waals surface area contributed by atoms with Crippen molar-refractivity contribution in [2.75, 3.05) is 20.8 Å². The van der Waals surface area contributed by atoms with E-state index in [2.05, 4.69) is 9.71 Å². The molecule has 0 amide bonds. The molecule has 0 unspecified atom stereocenters. The normalized spacial score (nSPS) is 11.6. The number of nitrogens with one attached hydrogen (secondary N) is 1. The fraction of sp³-hybridized carbons (Fsp3) is 0.278. The van der Waals surface area contributed by atoms with Gasteiger partial charge in [-0.2, -0.15) is 0 Å². The van der Waals surface area contributed by atoms with Gasteiger partial charge in [-0.3, -0.25) is 0 Å². The maximum Gasteiger partial charge on any atom is 0.240 e. The molecular weight excluding hydrogens is 354 g/mol. The van der Waals surface area contributed by atoms with E-state index in [-0.39, 0.29) is 4.90 Å². The number of sulfonamides is 1. The molecule has 0 spiro atoms. The Bertz CT molecular complexity index is 999. The zero-order valence-electron chi connectivity index (χ0n) is 14.7. The van der Waals surface area contributed by atoms with Gasteiger partial charge in [0.05, 0.1) is 36.5 Å². The first kappa shape index (κ1) is 18.2. The number of hydrogen-bond acceptors (Lipinski definition) is 5. The van der Waals surface area contributed by atoms with Crippen LogP contribution >= 0.6 is 0 Å². The highest BCUT2D eigenvalue weighted by Gasteiger charge is 2.16. The molecule has 0 saturated carbocycles. The van der Waals surface area contributed by atoms with E-state index in [1.54, 1.807) is 12.4 Å². The lowest BCUT2D eigenvalue weighted by Crippen LogP contribution is -2.25. The van der Waals surface area contributed by atoms with E-state index in [9.17, 15) is 8.42 Å². The average Bonchev–Trinajstić information content (AvgIpc) is 3.08. The molecule has 1 heterocycles. The van der Waals surface area contributed by atoms with E-state index in [0.717, 1.165) is 11.0 Å². The summed E-state index contributed by atoms with van der Waals surface area (Å²) in [6.45, 7) is 0.998. The van der Waals surface area contributed by atoms with Crippen LogP contribution in [-0.2, 0) is 16.6 Å². The Morgan fingerprint density at radius 2 is 1.85 bits per heavy atom. The Balaban J connectivity index is 1.62. The zero-order valence-corrected chi connectivity index (χ0v) is 15.5. The Morgan fingerprint density at radius 3 is 2.62 bits per heavy atom. The van der Waals surface area contributed by atoms with Crippen molar-refractivity contribution in [2.45, 2.75) is 17.9 Å². The number of fused-ring (bicyclic) bond motifs is 1. The van der Waals surface area contributed by atoms with Crippen molar-refractivity contribution >= 4 is 21.1 Å². The number of aromatic nitrogens is 2. The highest BCUT2D eigenvalue weighted by Crippen LogP contribution is 2.29. The van der Waals surface area contributed by atoms with Crippen molar-refractivity contribution in [1.82, 2.24) is 14.3 Å². The molecule has 0 atom stereocenters. The maximum absolute atomic E-state index is 12.4. The lowest BCUT2D eigenvalue weighted by Gasteiger charge is -2.11. The summed E-state index contributed by atoms with van der Waals surface area (Å²) in [5, 5.41) is 0. The summed E-state index contributed by atoms with van der Waals surface area (Å²) >= 11 is 0. The SMILES string of the molecule is COc1ccc(S(=O)(=O)NCCCn2cnc3ccccc32)cc1OC. The molecule has 8 heteroatoms. The molecule has 138 valence electrons. The van der Waals surface area contributed by atoms with Gasteiger partial charge in [-0.25, -0.2) is 18.1 Å². The van der Waals surface area contributed by atoms with Crippen molar-refractivity contribution in [3.05, 3.63) is 48.8 Å². The fourth-order valence-corrected chi connectivity index (χ4v) is 3.80. The Labute approximate surface area is 152 Å². The van der Waals surface area contributed by atoms with Crippen LogP contribution in [0.5, 0.6) is 11.5 Å². The maximum atomic E-state index is 12.4. The number of methoxy groups -OCH3 is 2. The predicted molar refractivity (Wildman–Crippen MR) is 99.1 cm³/mol. The van der Waals surface area contributed by atoms with Gasteiger partial charge in [0.1, 0.15) is 0 Å². The number of aryl methyl sites for hydroxylation is 1. The Kier molecular flexibility index (Phi) is 5.43. The summed E-state index contributed by atoms with van der Waals surface area (Å²) in [5.74, 6) is 0.860. The van der Waals surface area contributed by atoms with Gasteiger partial charge in [0, 0.05) is 19.2 Å². The van der Waals surface area contributed by atoms with Gasteiger partial charge in [0.2, 0.25) is 10.0 Å². The van der Waals surface area contributed by atoms with Crippen molar-refractivity contribution < 1.29 is 17.9 Å². The van der Waals surface area contributed by atoms with Gasteiger partial charge in [-0.15, -0.1) is 0 Å². The molecule has 3 rings (SSSR count). The molecule has 3 aromatic rings. The van der Waals surface area contributed by atoms with Crippen molar-refractivity contribution in [3.63, 3.8) is 0 Å². The van der Waals surface area contributed by atoms with E-state index < -0.39 is 10.0 Å². The van der Waals surface area contributed by atoms with E-state index >= 15 is 0 Å². The second-order valence-corrected chi connectivity index (χ2v) is 7.46. The molecule has 0 fully saturated rings. The molecular formula is C18H21N3O4S. The van der Waals surface area contributed by atoms with Crippen LogP contribution in [-0.4, -0.2) is 38.7 Å². The van der Waals surface area contributed by atoms with Crippen molar-refractivity contribution in [3.8, 4) is 11.5 Å². The number of nitrogens with zero attached hydrogens (tertiary/aromatic N) is 2.